The highest BCUT2D eigenvalue weighted by Gasteiger charge is 2.19. The Hall–Kier alpha value is -2.37. The molecule has 0 radical (unpaired) electrons. The molecular formula is C56H102O6. The predicted molar refractivity (Wildman–Crippen MR) is 266 cm³/mol. The van der Waals surface area contributed by atoms with Crippen LogP contribution in [0.3, 0.4) is 0 Å². The second-order valence-corrected chi connectivity index (χ2v) is 18.1. The lowest BCUT2D eigenvalue weighted by atomic mass is 10.0. The Balaban J connectivity index is 4.16. The first-order valence-electron chi connectivity index (χ1n) is 27.0. The molecule has 0 aromatic carbocycles. The Morgan fingerprint density at radius 2 is 0.629 bits per heavy atom. The van der Waals surface area contributed by atoms with Gasteiger partial charge in [0.15, 0.2) is 6.10 Å². The van der Waals surface area contributed by atoms with E-state index in [0.717, 1.165) is 83.5 Å². The van der Waals surface area contributed by atoms with E-state index in [0.29, 0.717) is 19.3 Å². The van der Waals surface area contributed by atoms with Crippen molar-refractivity contribution in [3.8, 4) is 0 Å². The van der Waals surface area contributed by atoms with Gasteiger partial charge in [-0.1, -0.05) is 250 Å². The number of hydrogen-bond acceptors (Lipinski definition) is 6. The van der Waals surface area contributed by atoms with Crippen molar-refractivity contribution in [2.24, 2.45) is 0 Å². The summed E-state index contributed by atoms with van der Waals surface area (Å²) in [6, 6.07) is 0. The van der Waals surface area contributed by atoms with Gasteiger partial charge in [0, 0.05) is 19.3 Å². The summed E-state index contributed by atoms with van der Waals surface area (Å²) in [4.78, 5) is 37.8. The number of unbranched alkanes of at least 4 members (excludes halogenated alkanes) is 32. The number of allylic oxidation sites excluding steroid dienone is 6. The predicted octanol–water partition coefficient (Wildman–Crippen LogP) is 17.7. The highest BCUT2D eigenvalue weighted by Crippen LogP contribution is 2.17. The molecule has 0 aliphatic carbocycles. The second kappa shape index (κ2) is 51.3. The number of hydrogen-bond donors (Lipinski definition) is 0. The van der Waals surface area contributed by atoms with Crippen LogP contribution in [-0.2, 0) is 28.6 Å². The largest absolute Gasteiger partial charge is 0.462 e. The first-order chi connectivity index (χ1) is 30.5. The van der Waals surface area contributed by atoms with Crippen molar-refractivity contribution in [1.82, 2.24) is 0 Å². The van der Waals surface area contributed by atoms with Crippen molar-refractivity contribution in [3.63, 3.8) is 0 Å². The van der Waals surface area contributed by atoms with E-state index in [1.165, 1.54) is 161 Å². The van der Waals surface area contributed by atoms with E-state index in [1.54, 1.807) is 0 Å². The van der Waals surface area contributed by atoms with Gasteiger partial charge in [-0.25, -0.2) is 0 Å². The fraction of sp³-hybridized carbons (Fsp3) is 0.839. The van der Waals surface area contributed by atoms with Crippen LogP contribution in [0.15, 0.2) is 36.5 Å². The van der Waals surface area contributed by atoms with E-state index < -0.39 is 6.10 Å². The maximum absolute atomic E-state index is 12.7. The van der Waals surface area contributed by atoms with Gasteiger partial charge in [0.2, 0.25) is 0 Å². The summed E-state index contributed by atoms with van der Waals surface area (Å²) in [7, 11) is 0. The Morgan fingerprint density at radius 1 is 0.339 bits per heavy atom. The molecule has 0 heterocycles. The number of esters is 3. The summed E-state index contributed by atoms with van der Waals surface area (Å²) in [6.07, 6.45) is 60.2. The zero-order valence-corrected chi connectivity index (χ0v) is 41.4. The molecule has 1 atom stereocenters. The zero-order chi connectivity index (χ0) is 45.1. The van der Waals surface area contributed by atoms with Gasteiger partial charge in [0.25, 0.3) is 0 Å². The molecule has 6 nitrogen and oxygen atoms in total. The van der Waals surface area contributed by atoms with Crippen LogP contribution in [-0.4, -0.2) is 37.2 Å². The third-order valence-electron chi connectivity index (χ3n) is 11.9. The van der Waals surface area contributed by atoms with Gasteiger partial charge in [0.05, 0.1) is 0 Å². The quantitative estimate of drug-likeness (QED) is 0.0262. The Labute approximate surface area is 385 Å². The molecule has 0 spiro atoms. The molecule has 0 fully saturated rings. The van der Waals surface area contributed by atoms with Crippen molar-refractivity contribution in [1.29, 1.82) is 0 Å². The van der Waals surface area contributed by atoms with E-state index in [-0.39, 0.29) is 31.1 Å². The molecule has 0 amide bonds. The minimum atomic E-state index is -0.781. The van der Waals surface area contributed by atoms with Crippen LogP contribution in [0.5, 0.6) is 0 Å². The van der Waals surface area contributed by atoms with E-state index >= 15 is 0 Å². The van der Waals surface area contributed by atoms with Crippen LogP contribution in [0.2, 0.25) is 0 Å². The van der Waals surface area contributed by atoms with Gasteiger partial charge in [0.1, 0.15) is 13.2 Å². The smallest absolute Gasteiger partial charge is 0.306 e. The van der Waals surface area contributed by atoms with Crippen LogP contribution in [0, 0.1) is 0 Å². The molecule has 0 saturated heterocycles. The summed E-state index contributed by atoms with van der Waals surface area (Å²) in [5.41, 5.74) is 0. The molecule has 6 heteroatoms. The molecule has 0 N–H and O–H groups in total. The Morgan fingerprint density at radius 3 is 0.984 bits per heavy atom. The van der Waals surface area contributed by atoms with Crippen molar-refractivity contribution in [2.75, 3.05) is 13.2 Å². The van der Waals surface area contributed by atoms with Gasteiger partial charge >= 0.3 is 17.9 Å². The lowest BCUT2D eigenvalue weighted by molar-refractivity contribution is -0.167. The molecule has 362 valence electrons. The monoisotopic (exact) mass is 871 g/mol. The molecule has 0 saturated carbocycles. The Kier molecular flexibility index (Phi) is 49.3. The lowest BCUT2D eigenvalue weighted by Gasteiger charge is -2.18. The fourth-order valence-electron chi connectivity index (χ4n) is 7.87. The van der Waals surface area contributed by atoms with Crippen LogP contribution in [0.25, 0.3) is 0 Å². The molecule has 0 aliphatic heterocycles. The Bertz CT molecular complexity index is 1050. The first-order valence-corrected chi connectivity index (χ1v) is 27.0. The van der Waals surface area contributed by atoms with E-state index in [2.05, 4.69) is 57.2 Å². The standard InChI is InChI=1S/C56H102O6/c1-4-7-10-13-16-19-21-23-24-25-26-27-28-29-30-31-32-34-35-37-40-43-46-49-55(58)61-52-53(51-60-54(57)48-45-42-39-18-15-12-9-6-3)62-56(59)50-47-44-41-38-36-33-22-20-17-14-11-8-5-2/h8,11,17,20,33,36,53H,4-7,9-10,12-16,18-19,21-32,34-35,37-52H2,1-3H3/b11-8-,20-17-,36-33-. The first kappa shape index (κ1) is 59.6. The molecule has 0 aromatic rings. The number of carbonyl (C=O) groups is 3. The van der Waals surface area contributed by atoms with Gasteiger partial charge in [-0.05, 0) is 51.4 Å². The number of ether oxygens (including phenoxy) is 3. The third kappa shape index (κ3) is 48.7. The number of rotatable bonds is 49. The summed E-state index contributed by atoms with van der Waals surface area (Å²) < 4.78 is 16.7. The van der Waals surface area contributed by atoms with Crippen molar-refractivity contribution >= 4 is 17.9 Å². The van der Waals surface area contributed by atoms with Crippen molar-refractivity contribution < 1.29 is 28.6 Å². The second-order valence-electron chi connectivity index (χ2n) is 18.1. The van der Waals surface area contributed by atoms with Gasteiger partial charge in [-0.3, -0.25) is 14.4 Å². The summed E-state index contributed by atoms with van der Waals surface area (Å²) >= 11 is 0. The summed E-state index contributed by atoms with van der Waals surface area (Å²) in [5.74, 6) is -0.903. The van der Waals surface area contributed by atoms with Crippen molar-refractivity contribution in [3.05, 3.63) is 36.5 Å². The maximum atomic E-state index is 12.7. The highest BCUT2D eigenvalue weighted by atomic mass is 16.6. The third-order valence-corrected chi connectivity index (χ3v) is 11.9. The summed E-state index contributed by atoms with van der Waals surface area (Å²) in [6.45, 7) is 6.50. The molecule has 0 aliphatic rings. The van der Waals surface area contributed by atoms with Crippen LogP contribution < -0.4 is 0 Å². The SMILES string of the molecule is CC/C=C\C/C=C\C/C=C\CCCCCC(=O)OC(COC(=O)CCCCCCCCCC)COC(=O)CCCCCCCCCCCCCCCCCCCCCCCCC. The van der Waals surface area contributed by atoms with Crippen molar-refractivity contribution in [2.45, 2.75) is 290 Å². The van der Waals surface area contributed by atoms with E-state index in [1.807, 2.05) is 0 Å². The van der Waals surface area contributed by atoms with Gasteiger partial charge in [-0.15, -0.1) is 0 Å². The highest BCUT2D eigenvalue weighted by molar-refractivity contribution is 5.71. The molecular weight excluding hydrogens is 769 g/mol. The maximum Gasteiger partial charge on any atom is 0.306 e. The zero-order valence-electron chi connectivity index (χ0n) is 41.4. The van der Waals surface area contributed by atoms with Crippen LogP contribution in [0.4, 0.5) is 0 Å². The molecule has 62 heavy (non-hydrogen) atoms. The average molecular weight is 871 g/mol. The van der Waals surface area contributed by atoms with Crippen LogP contribution >= 0.6 is 0 Å². The molecule has 0 rings (SSSR count). The minimum Gasteiger partial charge on any atom is -0.462 e. The average Bonchev–Trinajstić information content (AvgIpc) is 3.27. The van der Waals surface area contributed by atoms with Gasteiger partial charge in [-0.2, -0.15) is 0 Å². The topological polar surface area (TPSA) is 78.9 Å². The fourth-order valence-corrected chi connectivity index (χ4v) is 7.87. The normalized spacial score (nSPS) is 12.2. The van der Waals surface area contributed by atoms with E-state index in [9.17, 15) is 14.4 Å². The lowest BCUT2D eigenvalue weighted by Crippen LogP contribution is -2.30. The minimum absolute atomic E-state index is 0.0803. The van der Waals surface area contributed by atoms with Gasteiger partial charge < -0.3 is 14.2 Å². The van der Waals surface area contributed by atoms with E-state index in [4.69, 9.17) is 14.2 Å². The molecule has 1 unspecified atom stereocenters. The number of carbonyl (C=O) groups excluding carboxylic acids is 3. The summed E-state index contributed by atoms with van der Waals surface area (Å²) in [5, 5.41) is 0. The molecule has 0 aromatic heterocycles. The van der Waals surface area contributed by atoms with Crippen LogP contribution in [0.1, 0.15) is 284 Å². The molecule has 0 bridgehead atoms.